The molecule has 3 rings (SSSR count). The van der Waals surface area contributed by atoms with E-state index in [1.807, 2.05) is 38.1 Å². The normalized spacial score (nSPS) is 11.1. The maximum atomic E-state index is 12.1. The molecule has 7 nitrogen and oxygen atoms in total. The first kappa shape index (κ1) is 15.1. The number of anilines is 1. The number of benzene rings is 1. The number of nitrogens with zero attached hydrogens (tertiary/aromatic N) is 3. The molecular formula is C16H19N5O2. The first-order valence-electron chi connectivity index (χ1n) is 7.42. The number of ether oxygens (including phenoxy) is 1. The van der Waals surface area contributed by atoms with Crippen molar-refractivity contribution >= 4 is 17.0 Å². The molecule has 0 saturated carbocycles. The van der Waals surface area contributed by atoms with Crippen LogP contribution in [0.5, 0.6) is 5.75 Å². The van der Waals surface area contributed by atoms with Crippen LogP contribution in [0.25, 0.3) is 11.2 Å². The van der Waals surface area contributed by atoms with Crippen LogP contribution in [0.2, 0.25) is 0 Å². The summed E-state index contributed by atoms with van der Waals surface area (Å²) in [5.41, 5.74) is 2.14. The fourth-order valence-corrected chi connectivity index (χ4v) is 2.48. The second kappa shape index (κ2) is 6.12. The first-order valence-corrected chi connectivity index (χ1v) is 7.42. The van der Waals surface area contributed by atoms with Crippen LogP contribution in [0.15, 0.2) is 35.4 Å². The van der Waals surface area contributed by atoms with Gasteiger partial charge in [0.25, 0.3) is 0 Å². The van der Waals surface area contributed by atoms with Gasteiger partial charge in [0.15, 0.2) is 11.5 Å². The smallest absolute Gasteiger partial charge is 0.328 e. The molecule has 0 aliphatic rings. The highest BCUT2D eigenvalue weighted by Crippen LogP contribution is 2.19. The number of aromatic amines is 1. The second-order valence-corrected chi connectivity index (χ2v) is 5.52. The van der Waals surface area contributed by atoms with Gasteiger partial charge in [-0.25, -0.2) is 14.8 Å². The van der Waals surface area contributed by atoms with E-state index in [1.165, 1.54) is 6.33 Å². The average Bonchev–Trinajstić information content (AvgIpc) is 2.90. The molecule has 2 aromatic heterocycles. The molecule has 0 radical (unpaired) electrons. The third-order valence-corrected chi connectivity index (χ3v) is 3.64. The van der Waals surface area contributed by atoms with Gasteiger partial charge in [-0.1, -0.05) is 12.1 Å². The minimum absolute atomic E-state index is 0.0283. The van der Waals surface area contributed by atoms with E-state index in [2.05, 4.69) is 20.3 Å². The van der Waals surface area contributed by atoms with Crippen LogP contribution in [0.3, 0.4) is 0 Å². The molecule has 0 spiro atoms. The van der Waals surface area contributed by atoms with Gasteiger partial charge < -0.3 is 15.0 Å². The molecular weight excluding hydrogens is 294 g/mol. The van der Waals surface area contributed by atoms with Crippen molar-refractivity contribution in [3.05, 3.63) is 46.6 Å². The SMILES string of the molecule is COc1ccc(CNc2ncnc3c2[nH]c(=O)n3C(C)C)cc1. The summed E-state index contributed by atoms with van der Waals surface area (Å²) >= 11 is 0. The molecule has 0 amide bonds. The molecule has 2 heterocycles. The van der Waals surface area contributed by atoms with Gasteiger partial charge in [-0.05, 0) is 31.5 Å². The van der Waals surface area contributed by atoms with Crippen molar-refractivity contribution in [3.63, 3.8) is 0 Å². The molecule has 0 unspecified atom stereocenters. The van der Waals surface area contributed by atoms with Gasteiger partial charge in [0.05, 0.1) is 7.11 Å². The molecule has 0 fully saturated rings. The third kappa shape index (κ3) is 2.90. The topological polar surface area (TPSA) is 84.8 Å². The maximum Gasteiger partial charge on any atom is 0.328 e. The lowest BCUT2D eigenvalue weighted by Gasteiger charge is -2.08. The second-order valence-electron chi connectivity index (χ2n) is 5.52. The molecule has 1 aromatic carbocycles. The lowest BCUT2D eigenvalue weighted by atomic mass is 10.2. The minimum Gasteiger partial charge on any atom is -0.497 e. The predicted molar refractivity (Wildman–Crippen MR) is 88.9 cm³/mol. The Hall–Kier alpha value is -2.83. The fraction of sp³-hybridized carbons (Fsp3) is 0.312. The van der Waals surface area contributed by atoms with Crippen LogP contribution in [-0.4, -0.2) is 26.6 Å². The van der Waals surface area contributed by atoms with E-state index >= 15 is 0 Å². The highest BCUT2D eigenvalue weighted by molar-refractivity contribution is 5.82. The molecule has 7 heteroatoms. The molecule has 3 aromatic rings. The van der Waals surface area contributed by atoms with Gasteiger partial charge in [-0.3, -0.25) is 4.57 Å². The van der Waals surface area contributed by atoms with E-state index in [4.69, 9.17) is 4.74 Å². The summed E-state index contributed by atoms with van der Waals surface area (Å²) in [6, 6.07) is 7.80. The number of H-pyrrole nitrogens is 1. The van der Waals surface area contributed by atoms with Crippen molar-refractivity contribution < 1.29 is 4.74 Å². The molecule has 120 valence electrons. The monoisotopic (exact) mass is 313 g/mol. The zero-order chi connectivity index (χ0) is 16.4. The number of rotatable bonds is 5. The molecule has 0 saturated heterocycles. The summed E-state index contributed by atoms with van der Waals surface area (Å²) in [5, 5.41) is 3.25. The zero-order valence-corrected chi connectivity index (χ0v) is 13.3. The highest BCUT2D eigenvalue weighted by atomic mass is 16.5. The van der Waals surface area contributed by atoms with E-state index in [-0.39, 0.29) is 11.7 Å². The number of aromatic nitrogens is 4. The maximum absolute atomic E-state index is 12.1. The zero-order valence-electron chi connectivity index (χ0n) is 13.3. The summed E-state index contributed by atoms with van der Waals surface area (Å²) in [7, 11) is 1.64. The highest BCUT2D eigenvalue weighted by Gasteiger charge is 2.14. The van der Waals surface area contributed by atoms with E-state index in [0.717, 1.165) is 11.3 Å². The summed E-state index contributed by atoms with van der Waals surface area (Å²) < 4.78 is 6.77. The largest absolute Gasteiger partial charge is 0.497 e. The minimum atomic E-state index is -0.178. The Morgan fingerprint density at radius 1 is 1.26 bits per heavy atom. The van der Waals surface area contributed by atoms with Gasteiger partial charge in [0, 0.05) is 12.6 Å². The van der Waals surface area contributed by atoms with Crippen molar-refractivity contribution in [1.29, 1.82) is 0 Å². The molecule has 0 atom stereocenters. The number of hydrogen-bond acceptors (Lipinski definition) is 5. The van der Waals surface area contributed by atoms with Crippen LogP contribution in [0.4, 0.5) is 5.82 Å². The van der Waals surface area contributed by atoms with E-state index in [1.54, 1.807) is 11.7 Å². The molecule has 2 N–H and O–H groups in total. The van der Waals surface area contributed by atoms with Crippen LogP contribution >= 0.6 is 0 Å². The number of imidazole rings is 1. The Morgan fingerprint density at radius 3 is 2.65 bits per heavy atom. The van der Waals surface area contributed by atoms with Crippen molar-refractivity contribution in [1.82, 2.24) is 19.5 Å². The lowest BCUT2D eigenvalue weighted by Crippen LogP contribution is -2.18. The van der Waals surface area contributed by atoms with Crippen LogP contribution in [0.1, 0.15) is 25.5 Å². The summed E-state index contributed by atoms with van der Waals surface area (Å²) in [6.45, 7) is 4.48. The molecule has 0 aliphatic heterocycles. The quantitative estimate of drug-likeness (QED) is 0.755. The Kier molecular flexibility index (Phi) is 4.01. The number of hydrogen-bond donors (Lipinski definition) is 2. The first-order chi connectivity index (χ1) is 11.1. The average molecular weight is 313 g/mol. The van der Waals surface area contributed by atoms with Gasteiger partial charge in [-0.2, -0.15) is 0 Å². The molecule has 23 heavy (non-hydrogen) atoms. The van der Waals surface area contributed by atoms with Crippen molar-refractivity contribution in [2.45, 2.75) is 26.4 Å². The van der Waals surface area contributed by atoms with E-state index in [9.17, 15) is 4.79 Å². The van der Waals surface area contributed by atoms with Crippen LogP contribution in [0, 0.1) is 0 Å². The van der Waals surface area contributed by atoms with Crippen molar-refractivity contribution in [2.24, 2.45) is 0 Å². The number of nitrogens with one attached hydrogen (secondary N) is 2. The summed E-state index contributed by atoms with van der Waals surface area (Å²) in [6.07, 6.45) is 1.46. The fourth-order valence-electron chi connectivity index (χ4n) is 2.48. The number of methoxy groups -OCH3 is 1. The van der Waals surface area contributed by atoms with Gasteiger partial charge in [0.2, 0.25) is 0 Å². The Labute approximate surface area is 133 Å². The van der Waals surface area contributed by atoms with Gasteiger partial charge in [0.1, 0.15) is 17.6 Å². The van der Waals surface area contributed by atoms with E-state index < -0.39 is 0 Å². The Balaban J connectivity index is 1.88. The summed E-state index contributed by atoms with van der Waals surface area (Å²) in [5.74, 6) is 1.43. The van der Waals surface area contributed by atoms with Crippen molar-refractivity contribution in [3.8, 4) is 5.75 Å². The Morgan fingerprint density at radius 2 is 2.00 bits per heavy atom. The van der Waals surface area contributed by atoms with Gasteiger partial charge >= 0.3 is 5.69 Å². The standard InChI is InChI=1S/C16H19N5O2/c1-10(2)21-15-13(20-16(21)22)14(18-9-19-15)17-8-11-4-6-12(23-3)7-5-11/h4-7,9-10H,8H2,1-3H3,(H,20,22)(H,17,18,19). The lowest BCUT2D eigenvalue weighted by molar-refractivity contribution is 0.414. The van der Waals surface area contributed by atoms with Crippen LogP contribution in [-0.2, 0) is 6.54 Å². The Bertz CT molecular complexity index is 864. The number of fused-ring (bicyclic) bond motifs is 1. The third-order valence-electron chi connectivity index (χ3n) is 3.64. The van der Waals surface area contributed by atoms with Gasteiger partial charge in [-0.15, -0.1) is 0 Å². The summed E-state index contributed by atoms with van der Waals surface area (Å²) in [4.78, 5) is 23.4. The van der Waals surface area contributed by atoms with E-state index in [0.29, 0.717) is 23.5 Å². The van der Waals surface area contributed by atoms with Crippen molar-refractivity contribution in [2.75, 3.05) is 12.4 Å². The van der Waals surface area contributed by atoms with Crippen LogP contribution < -0.4 is 15.7 Å². The molecule has 0 bridgehead atoms. The predicted octanol–water partition coefficient (Wildman–Crippen LogP) is 2.32. The molecule has 0 aliphatic carbocycles.